The van der Waals surface area contributed by atoms with Gasteiger partial charge in [-0.3, -0.25) is 0 Å². The van der Waals surface area contributed by atoms with Crippen LogP contribution in [0.1, 0.15) is 5.69 Å². The van der Waals surface area contributed by atoms with E-state index in [1.54, 1.807) is 19.3 Å². The second-order valence-electron chi connectivity index (χ2n) is 3.51. The Kier molecular flexibility index (Phi) is 3.14. The third kappa shape index (κ3) is 2.31. The van der Waals surface area contributed by atoms with Gasteiger partial charge in [0.05, 0.1) is 11.4 Å². The van der Waals surface area contributed by atoms with E-state index in [0.717, 1.165) is 17.8 Å². The lowest BCUT2D eigenvalue weighted by atomic mass is 10.3. The summed E-state index contributed by atoms with van der Waals surface area (Å²) in [5.74, 6) is -3.94. The Balaban J connectivity index is 2.39. The van der Waals surface area contributed by atoms with Gasteiger partial charge in [-0.05, 0) is 13.1 Å². The van der Waals surface area contributed by atoms with E-state index in [0.29, 0.717) is 6.54 Å². The molecular formula is C11H10F3N3. The third-order valence-electron chi connectivity index (χ3n) is 2.24. The van der Waals surface area contributed by atoms with Gasteiger partial charge in [-0.25, -0.2) is 17.9 Å². The molecule has 3 nitrogen and oxygen atoms in total. The number of benzene rings is 1. The van der Waals surface area contributed by atoms with Crippen molar-refractivity contribution in [2.45, 2.75) is 6.54 Å². The Hall–Kier alpha value is -1.82. The zero-order chi connectivity index (χ0) is 12.4. The minimum atomic E-state index is -1.48. The van der Waals surface area contributed by atoms with Crippen LogP contribution in [-0.2, 0) is 6.54 Å². The average molecular weight is 241 g/mol. The second kappa shape index (κ2) is 4.58. The number of nitrogens with zero attached hydrogens (tertiary/aromatic N) is 2. The quantitative estimate of drug-likeness (QED) is 0.833. The van der Waals surface area contributed by atoms with Gasteiger partial charge in [0.25, 0.3) is 0 Å². The molecule has 2 rings (SSSR count). The summed E-state index contributed by atoms with van der Waals surface area (Å²) in [6.45, 7) is 0.541. The van der Waals surface area contributed by atoms with Crippen LogP contribution in [0.2, 0.25) is 0 Å². The molecule has 2 aromatic rings. The van der Waals surface area contributed by atoms with E-state index in [1.165, 1.54) is 4.68 Å². The van der Waals surface area contributed by atoms with E-state index in [2.05, 4.69) is 10.4 Å². The van der Waals surface area contributed by atoms with E-state index in [-0.39, 0.29) is 5.69 Å². The van der Waals surface area contributed by atoms with E-state index in [9.17, 15) is 13.2 Å². The highest BCUT2D eigenvalue weighted by Crippen LogP contribution is 2.16. The van der Waals surface area contributed by atoms with Crippen molar-refractivity contribution < 1.29 is 13.2 Å². The molecule has 0 aliphatic carbocycles. The summed E-state index contributed by atoms with van der Waals surface area (Å²) in [4.78, 5) is 0. The topological polar surface area (TPSA) is 29.9 Å². The lowest BCUT2D eigenvalue weighted by molar-refractivity contribution is 0.446. The number of hydrogen-bond donors (Lipinski definition) is 1. The van der Waals surface area contributed by atoms with E-state index >= 15 is 0 Å². The van der Waals surface area contributed by atoms with Crippen LogP contribution in [0.25, 0.3) is 5.69 Å². The molecule has 90 valence electrons. The number of hydrogen-bond acceptors (Lipinski definition) is 2. The molecule has 0 unspecified atom stereocenters. The molecule has 0 aliphatic heterocycles. The fraction of sp³-hybridized carbons (Fsp3) is 0.182. The van der Waals surface area contributed by atoms with Gasteiger partial charge in [0.2, 0.25) is 0 Å². The van der Waals surface area contributed by atoms with Crippen LogP contribution in [0.3, 0.4) is 0 Å². The van der Waals surface area contributed by atoms with Crippen molar-refractivity contribution in [3.8, 4) is 5.69 Å². The van der Waals surface area contributed by atoms with Crippen molar-refractivity contribution in [2.24, 2.45) is 0 Å². The first kappa shape index (κ1) is 11.7. The summed E-state index contributed by atoms with van der Waals surface area (Å²) in [5, 5.41) is 6.98. The summed E-state index contributed by atoms with van der Waals surface area (Å²) < 4.78 is 40.1. The zero-order valence-electron chi connectivity index (χ0n) is 9.04. The molecule has 0 atom stereocenters. The first-order valence-electron chi connectivity index (χ1n) is 4.96. The largest absolute Gasteiger partial charge is 0.314 e. The molecule has 0 bridgehead atoms. The summed E-state index contributed by atoms with van der Waals surface area (Å²) in [5.41, 5.74) is 0.862. The molecule has 0 radical (unpaired) electrons. The summed E-state index contributed by atoms with van der Waals surface area (Å²) in [7, 11) is 1.76. The number of halogens is 3. The van der Waals surface area contributed by atoms with Gasteiger partial charge >= 0.3 is 0 Å². The van der Waals surface area contributed by atoms with Gasteiger partial charge < -0.3 is 5.32 Å². The van der Waals surface area contributed by atoms with Crippen molar-refractivity contribution in [3.05, 3.63) is 47.5 Å². The summed E-state index contributed by atoms with van der Waals surface area (Å²) in [6, 6.07) is 3.50. The van der Waals surface area contributed by atoms with Crippen LogP contribution >= 0.6 is 0 Å². The third-order valence-corrected chi connectivity index (χ3v) is 2.24. The average Bonchev–Trinajstić information content (AvgIpc) is 2.74. The zero-order valence-corrected chi connectivity index (χ0v) is 9.04. The standard InChI is InChI=1S/C11H10F3N3/c1-15-6-7-2-3-17(16-7)8-4-9(12)11(14)10(13)5-8/h2-5,15H,6H2,1H3. The smallest absolute Gasteiger partial charge is 0.194 e. The monoisotopic (exact) mass is 241 g/mol. The molecule has 6 heteroatoms. The van der Waals surface area contributed by atoms with Gasteiger partial charge in [0, 0.05) is 24.9 Å². The van der Waals surface area contributed by atoms with Crippen molar-refractivity contribution in [2.75, 3.05) is 7.05 Å². The van der Waals surface area contributed by atoms with Crippen LogP contribution in [0.15, 0.2) is 24.4 Å². The van der Waals surface area contributed by atoms with Crippen LogP contribution in [0.5, 0.6) is 0 Å². The number of aromatic nitrogens is 2. The second-order valence-corrected chi connectivity index (χ2v) is 3.51. The number of nitrogens with one attached hydrogen (secondary N) is 1. The highest BCUT2D eigenvalue weighted by Gasteiger charge is 2.12. The molecule has 1 N–H and O–H groups in total. The minimum absolute atomic E-state index is 0.142. The van der Waals surface area contributed by atoms with Gasteiger partial charge in [-0.1, -0.05) is 0 Å². The molecule has 1 aromatic carbocycles. The molecule has 1 aromatic heterocycles. The first-order valence-corrected chi connectivity index (χ1v) is 4.96. The molecule has 0 saturated carbocycles. The minimum Gasteiger partial charge on any atom is -0.314 e. The van der Waals surface area contributed by atoms with E-state index < -0.39 is 17.5 Å². The molecule has 17 heavy (non-hydrogen) atoms. The predicted octanol–water partition coefficient (Wildman–Crippen LogP) is 2.01. The highest BCUT2D eigenvalue weighted by molar-refractivity contribution is 5.33. The van der Waals surface area contributed by atoms with Crippen molar-refractivity contribution in [3.63, 3.8) is 0 Å². The lowest BCUT2D eigenvalue weighted by Gasteiger charge is -2.03. The molecule has 1 heterocycles. The Bertz CT molecular complexity index is 514. The SMILES string of the molecule is CNCc1ccn(-c2cc(F)c(F)c(F)c2)n1. The van der Waals surface area contributed by atoms with Gasteiger partial charge in [-0.15, -0.1) is 0 Å². The predicted molar refractivity (Wildman–Crippen MR) is 56.2 cm³/mol. The molecule has 0 fully saturated rings. The summed E-state index contributed by atoms with van der Waals surface area (Å²) >= 11 is 0. The van der Waals surface area contributed by atoms with E-state index in [4.69, 9.17) is 0 Å². The molecule has 0 aliphatic rings. The molecule has 0 spiro atoms. The van der Waals surface area contributed by atoms with Crippen molar-refractivity contribution in [1.82, 2.24) is 15.1 Å². The van der Waals surface area contributed by atoms with Gasteiger partial charge in [0.1, 0.15) is 0 Å². The first-order chi connectivity index (χ1) is 8.11. The molecular weight excluding hydrogens is 231 g/mol. The fourth-order valence-corrected chi connectivity index (χ4v) is 1.46. The van der Waals surface area contributed by atoms with Gasteiger partial charge in [0.15, 0.2) is 17.5 Å². The summed E-state index contributed by atoms with van der Waals surface area (Å²) in [6.07, 6.45) is 1.55. The van der Waals surface area contributed by atoms with Crippen LogP contribution in [0.4, 0.5) is 13.2 Å². The highest BCUT2D eigenvalue weighted by atomic mass is 19.2. The van der Waals surface area contributed by atoms with E-state index in [1.807, 2.05) is 0 Å². The Morgan fingerprint density at radius 3 is 2.47 bits per heavy atom. The molecule has 0 amide bonds. The Morgan fingerprint density at radius 1 is 1.24 bits per heavy atom. The normalized spacial score (nSPS) is 10.8. The van der Waals surface area contributed by atoms with Gasteiger partial charge in [-0.2, -0.15) is 5.10 Å². The molecule has 0 saturated heterocycles. The van der Waals surface area contributed by atoms with Crippen LogP contribution < -0.4 is 5.32 Å². The maximum absolute atomic E-state index is 13.0. The maximum Gasteiger partial charge on any atom is 0.194 e. The van der Waals surface area contributed by atoms with Crippen molar-refractivity contribution in [1.29, 1.82) is 0 Å². The Morgan fingerprint density at radius 2 is 1.88 bits per heavy atom. The van der Waals surface area contributed by atoms with Crippen LogP contribution in [0, 0.1) is 17.5 Å². The Labute approximate surface area is 95.9 Å². The van der Waals surface area contributed by atoms with Crippen molar-refractivity contribution >= 4 is 0 Å². The lowest BCUT2D eigenvalue weighted by Crippen LogP contribution is -2.06. The number of rotatable bonds is 3. The van der Waals surface area contributed by atoms with Crippen LogP contribution in [-0.4, -0.2) is 16.8 Å². The fourth-order valence-electron chi connectivity index (χ4n) is 1.46. The maximum atomic E-state index is 13.0.